The molecule has 8 nitrogen and oxygen atoms in total. The highest BCUT2D eigenvalue weighted by Crippen LogP contribution is 2.30. The molecule has 1 saturated heterocycles. The molecule has 0 spiro atoms. The number of hydrogen-bond donors (Lipinski definition) is 3. The molecule has 0 bridgehead atoms. The van der Waals surface area contributed by atoms with E-state index in [-0.39, 0.29) is 11.7 Å². The summed E-state index contributed by atoms with van der Waals surface area (Å²) in [5.74, 6) is 0.0611. The fraction of sp³-hybridized carbons (Fsp3) is 0.562. The number of sulfonamides is 1. The van der Waals surface area contributed by atoms with Gasteiger partial charge in [0.25, 0.3) is 5.91 Å². The number of ether oxygens (including phenoxy) is 2. The number of hydrogen-bond acceptors (Lipinski definition) is 6. The number of benzene rings is 1. The highest BCUT2D eigenvalue weighted by molar-refractivity contribution is 7.92. The second-order valence-electron chi connectivity index (χ2n) is 5.82. The molecule has 1 aromatic carbocycles. The van der Waals surface area contributed by atoms with Gasteiger partial charge in [-0.2, -0.15) is 0 Å². The van der Waals surface area contributed by atoms with Crippen molar-refractivity contribution in [2.24, 2.45) is 0 Å². The summed E-state index contributed by atoms with van der Waals surface area (Å²) in [6.07, 6.45) is 1.17. The lowest BCUT2D eigenvalue weighted by molar-refractivity contribution is -0.140. The third-order valence-electron chi connectivity index (χ3n) is 4.32. The second-order valence-corrected chi connectivity index (χ2v) is 7.83. The van der Waals surface area contributed by atoms with Crippen molar-refractivity contribution < 1.29 is 22.7 Å². The maximum absolute atomic E-state index is 12.7. The number of nitrogens with one attached hydrogen (secondary N) is 3. The summed E-state index contributed by atoms with van der Waals surface area (Å²) >= 11 is 0. The van der Waals surface area contributed by atoms with Crippen molar-refractivity contribution in [2.75, 3.05) is 43.1 Å². The lowest BCUT2D eigenvalue weighted by atomic mass is 9.91. The van der Waals surface area contributed by atoms with Crippen molar-refractivity contribution >= 4 is 27.3 Å². The van der Waals surface area contributed by atoms with Crippen LogP contribution in [0, 0.1) is 0 Å². The van der Waals surface area contributed by atoms with E-state index >= 15 is 0 Å². The van der Waals surface area contributed by atoms with Crippen LogP contribution in [0.25, 0.3) is 0 Å². The minimum absolute atomic E-state index is 0.0426. The molecule has 1 amide bonds. The molecule has 0 atom stereocenters. The molecule has 1 aliphatic heterocycles. The van der Waals surface area contributed by atoms with Crippen LogP contribution in [0.5, 0.6) is 5.75 Å². The van der Waals surface area contributed by atoms with E-state index in [1.165, 1.54) is 14.2 Å². The van der Waals surface area contributed by atoms with Gasteiger partial charge in [-0.15, -0.1) is 0 Å². The molecule has 1 fully saturated rings. The molecule has 9 heteroatoms. The average molecular weight is 371 g/mol. The van der Waals surface area contributed by atoms with Gasteiger partial charge >= 0.3 is 0 Å². The van der Waals surface area contributed by atoms with E-state index in [0.29, 0.717) is 43.1 Å². The predicted octanol–water partition coefficient (Wildman–Crippen LogP) is 1.16. The van der Waals surface area contributed by atoms with Gasteiger partial charge in [0.15, 0.2) is 0 Å². The van der Waals surface area contributed by atoms with Crippen molar-refractivity contribution in [2.45, 2.75) is 25.4 Å². The highest BCUT2D eigenvalue weighted by Gasteiger charge is 2.39. The zero-order valence-corrected chi connectivity index (χ0v) is 15.5. The summed E-state index contributed by atoms with van der Waals surface area (Å²) in [7, 11) is -0.442. The molecule has 25 heavy (non-hydrogen) atoms. The van der Waals surface area contributed by atoms with Gasteiger partial charge in [-0.3, -0.25) is 9.52 Å². The molecule has 1 aromatic rings. The number of amides is 1. The molecule has 1 heterocycles. The van der Waals surface area contributed by atoms with Crippen molar-refractivity contribution in [3.05, 3.63) is 18.2 Å². The molecular formula is C16H25N3O5S. The lowest BCUT2D eigenvalue weighted by Gasteiger charge is -2.34. The first-order valence-corrected chi connectivity index (χ1v) is 9.77. The van der Waals surface area contributed by atoms with E-state index in [4.69, 9.17) is 9.47 Å². The van der Waals surface area contributed by atoms with Crippen LogP contribution in [0.3, 0.4) is 0 Å². The molecule has 2 rings (SSSR count). The zero-order chi connectivity index (χ0) is 18.5. The quantitative estimate of drug-likeness (QED) is 0.664. The van der Waals surface area contributed by atoms with Crippen LogP contribution in [-0.4, -0.2) is 53.0 Å². The standard InChI is InChI=1S/C16H25N3O5S/c1-4-25(21,22)19-13-6-5-12(11-14(13)23-2)18-15(20)16(24-3)7-9-17-10-8-16/h5-6,11,17,19H,4,7-10H2,1-3H3,(H,18,20). The van der Waals surface area contributed by atoms with Crippen molar-refractivity contribution in [1.29, 1.82) is 0 Å². The number of carbonyl (C=O) groups excluding carboxylic acids is 1. The number of anilines is 2. The zero-order valence-electron chi connectivity index (χ0n) is 14.7. The molecule has 0 aromatic heterocycles. The Morgan fingerprint density at radius 1 is 1.28 bits per heavy atom. The Morgan fingerprint density at radius 3 is 2.52 bits per heavy atom. The first-order valence-electron chi connectivity index (χ1n) is 8.11. The Hall–Kier alpha value is -1.84. The Labute approximate surface area is 148 Å². The fourth-order valence-corrected chi connectivity index (χ4v) is 3.34. The third kappa shape index (κ3) is 4.62. The minimum Gasteiger partial charge on any atom is -0.494 e. The topological polar surface area (TPSA) is 106 Å². The van der Waals surface area contributed by atoms with Gasteiger partial charge in [0.05, 0.1) is 18.6 Å². The van der Waals surface area contributed by atoms with Crippen LogP contribution >= 0.6 is 0 Å². The summed E-state index contributed by atoms with van der Waals surface area (Å²) in [6.45, 7) is 2.97. The van der Waals surface area contributed by atoms with Gasteiger partial charge in [-0.25, -0.2) is 8.42 Å². The lowest BCUT2D eigenvalue weighted by Crippen LogP contribution is -2.51. The molecular weight excluding hydrogens is 346 g/mol. The molecule has 0 unspecified atom stereocenters. The van der Waals surface area contributed by atoms with Gasteiger partial charge < -0.3 is 20.1 Å². The molecule has 0 saturated carbocycles. The molecule has 0 radical (unpaired) electrons. The summed E-state index contributed by atoms with van der Waals surface area (Å²) in [6, 6.07) is 4.76. The second kappa shape index (κ2) is 8.03. The molecule has 1 aliphatic rings. The van der Waals surface area contributed by atoms with E-state index in [9.17, 15) is 13.2 Å². The number of rotatable bonds is 7. The van der Waals surface area contributed by atoms with Crippen LogP contribution in [-0.2, 0) is 19.6 Å². The highest BCUT2D eigenvalue weighted by atomic mass is 32.2. The molecule has 140 valence electrons. The minimum atomic E-state index is -3.42. The Kier molecular flexibility index (Phi) is 6.26. The van der Waals surface area contributed by atoms with Gasteiger partial charge in [0.2, 0.25) is 10.0 Å². The van der Waals surface area contributed by atoms with Gasteiger partial charge in [0.1, 0.15) is 11.4 Å². The summed E-state index contributed by atoms with van der Waals surface area (Å²) < 4.78 is 36.6. The van der Waals surface area contributed by atoms with Crippen LogP contribution in [0.1, 0.15) is 19.8 Å². The first-order chi connectivity index (χ1) is 11.9. The SMILES string of the molecule is CCS(=O)(=O)Nc1ccc(NC(=O)C2(OC)CCNCC2)cc1OC. The summed E-state index contributed by atoms with van der Waals surface area (Å²) in [5.41, 5.74) is -0.0250. The molecule has 3 N–H and O–H groups in total. The van der Waals surface area contributed by atoms with Crippen LogP contribution in [0.15, 0.2) is 18.2 Å². The van der Waals surface area contributed by atoms with Gasteiger partial charge in [0, 0.05) is 18.9 Å². The Balaban J connectivity index is 2.18. The van der Waals surface area contributed by atoms with E-state index in [2.05, 4.69) is 15.4 Å². The van der Waals surface area contributed by atoms with E-state index in [1.807, 2.05) is 0 Å². The molecule has 0 aliphatic carbocycles. The van der Waals surface area contributed by atoms with Crippen LogP contribution < -0.4 is 20.1 Å². The van der Waals surface area contributed by atoms with Gasteiger partial charge in [-0.05, 0) is 45.0 Å². The van der Waals surface area contributed by atoms with Gasteiger partial charge in [-0.1, -0.05) is 0 Å². The smallest absolute Gasteiger partial charge is 0.256 e. The maximum Gasteiger partial charge on any atom is 0.256 e. The number of carbonyl (C=O) groups is 1. The van der Waals surface area contributed by atoms with E-state index < -0.39 is 15.6 Å². The van der Waals surface area contributed by atoms with Crippen molar-refractivity contribution in [1.82, 2.24) is 5.32 Å². The van der Waals surface area contributed by atoms with Crippen LogP contribution in [0.4, 0.5) is 11.4 Å². The van der Waals surface area contributed by atoms with Crippen molar-refractivity contribution in [3.63, 3.8) is 0 Å². The normalized spacial score (nSPS) is 16.9. The number of methoxy groups -OCH3 is 2. The Bertz CT molecular complexity index is 714. The Morgan fingerprint density at radius 2 is 1.96 bits per heavy atom. The third-order valence-corrected chi connectivity index (χ3v) is 5.61. The van der Waals surface area contributed by atoms with E-state index in [0.717, 1.165) is 0 Å². The fourth-order valence-electron chi connectivity index (χ4n) is 2.69. The summed E-state index contributed by atoms with van der Waals surface area (Å²) in [5, 5.41) is 6.03. The van der Waals surface area contributed by atoms with Crippen molar-refractivity contribution in [3.8, 4) is 5.75 Å². The number of piperidine rings is 1. The van der Waals surface area contributed by atoms with E-state index in [1.54, 1.807) is 25.1 Å². The maximum atomic E-state index is 12.7. The predicted molar refractivity (Wildman–Crippen MR) is 96.6 cm³/mol. The monoisotopic (exact) mass is 371 g/mol. The average Bonchev–Trinajstić information content (AvgIpc) is 2.63. The largest absolute Gasteiger partial charge is 0.494 e. The first kappa shape index (κ1) is 19.5. The summed E-state index contributed by atoms with van der Waals surface area (Å²) in [4.78, 5) is 12.7. The van der Waals surface area contributed by atoms with Crippen LogP contribution in [0.2, 0.25) is 0 Å².